The largest absolute Gasteiger partial charge is 0.270 e. The lowest BCUT2D eigenvalue weighted by Gasteiger charge is -2.21. The molecule has 1 atom stereocenters. The average molecular weight is 416 g/mol. The van der Waals surface area contributed by atoms with Crippen molar-refractivity contribution in [3.63, 3.8) is 0 Å². The summed E-state index contributed by atoms with van der Waals surface area (Å²) in [7, 11) is -3.49. The van der Waals surface area contributed by atoms with Crippen LogP contribution in [0, 0.1) is 19.8 Å². The molecule has 0 spiro atoms. The van der Waals surface area contributed by atoms with E-state index < -0.39 is 9.84 Å². The number of pyridine rings is 1. The van der Waals surface area contributed by atoms with Gasteiger partial charge in [0, 0.05) is 34.5 Å². The highest BCUT2D eigenvalue weighted by atomic mass is 32.2. The Labute approximate surface area is 170 Å². The third-order valence-electron chi connectivity index (χ3n) is 4.48. The van der Waals surface area contributed by atoms with Crippen molar-refractivity contribution in [3.8, 4) is 0 Å². The van der Waals surface area contributed by atoms with E-state index in [0.29, 0.717) is 5.56 Å². The van der Waals surface area contributed by atoms with E-state index in [1.165, 1.54) is 18.0 Å². The minimum atomic E-state index is -3.49. The molecule has 2 aromatic heterocycles. The number of hydrogen-bond acceptors (Lipinski definition) is 5. The Hall–Kier alpha value is -2.12. The number of hydrogen-bond donors (Lipinski definition) is 1. The molecular formula is C21H25N3O2S2. The SMILES string of the molecule is Cc1cc(C)cc(Sc2[nH]nc(S(C)(=O)=O)c2C(c2ccccn2)C(C)C)c1. The van der Waals surface area contributed by atoms with Crippen molar-refractivity contribution in [1.82, 2.24) is 15.2 Å². The van der Waals surface area contributed by atoms with Crippen molar-refractivity contribution in [2.24, 2.45) is 5.92 Å². The zero-order valence-electron chi connectivity index (χ0n) is 16.7. The first-order chi connectivity index (χ1) is 13.2. The molecular weight excluding hydrogens is 390 g/mol. The standard InChI is InChI=1S/C21H25N3O2S2/c1-13(2)18(17-8-6-7-9-22-17)19-20(23-24-21(19)28(5,25)26)27-16-11-14(3)10-15(4)12-16/h6-13,18H,1-5H3,(H,23,24). The van der Waals surface area contributed by atoms with Crippen LogP contribution in [-0.4, -0.2) is 29.9 Å². The highest BCUT2D eigenvalue weighted by Gasteiger charge is 2.32. The Morgan fingerprint density at radius 3 is 2.29 bits per heavy atom. The summed E-state index contributed by atoms with van der Waals surface area (Å²) in [4.78, 5) is 5.56. The van der Waals surface area contributed by atoms with Gasteiger partial charge in [0.05, 0.1) is 0 Å². The Bertz CT molecular complexity index is 1050. The summed E-state index contributed by atoms with van der Waals surface area (Å²) in [6.45, 7) is 8.25. The number of benzene rings is 1. The lowest BCUT2D eigenvalue weighted by molar-refractivity contribution is 0.534. The molecule has 0 saturated heterocycles. The number of aromatic nitrogens is 3. The second-order valence-electron chi connectivity index (χ2n) is 7.45. The Morgan fingerprint density at radius 2 is 1.75 bits per heavy atom. The molecule has 0 saturated carbocycles. The van der Waals surface area contributed by atoms with Gasteiger partial charge in [-0.2, -0.15) is 5.10 Å². The molecule has 0 radical (unpaired) electrons. The van der Waals surface area contributed by atoms with Crippen LogP contribution >= 0.6 is 11.8 Å². The number of nitrogens with one attached hydrogen (secondary N) is 1. The maximum Gasteiger partial charge on any atom is 0.194 e. The molecule has 0 bridgehead atoms. The van der Waals surface area contributed by atoms with Crippen molar-refractivity contribution in [3.05, 3.63) is 65.0 Å². The molecule has 0 aliphatic carbocycles. The van der Waals surface area contributed by atoms with Crippen LogP contribution < -0.4 is 0 Å². The van der Waals surface area contributed by atoms with Gasteiger partial charge in [0.2, 0.25) is 0 Å². The van der Waals surface area contributed by atoms with Crippen LogP contribution in [0.25, 0.3) is 0 Å². The zero-order valence-corrected chi connectivity index (χ0v) is 18.4. The molecule has 148 valence electrons. The van der Waals surface area contributed by atoms with Gasteiger partial charge in [0.1, 0.15) is 5.03 Å². The minimum absolute atomic E-state index is 0.101. The summed E-state index contributed by atoms with van der Waals surface area (Å²) in [6.07, 6.45) is 2.94. The molecule has 0 aliphatic heterocycles. The molecule has 5 nitrogen and oxygen atoms in total. The highest BCUT2D eigenvalue weighted by molar-refractivity contribution is 7.99. The third-order valence-corrected chi connectivity index (χ3v) is 6.48. The fourth-order valence-corrected chi connectivity index (χ4v) is 5.50. The second-order valence-corrected chi connectivity index (χ2v) is 10.5. The molecule has 1 aromatic carbocycles. The van der Waals surface area contributed by atoms with Gasteiger partial charge in [-0.1, -0.05) is 37.7 Å². The normalized spacial score (nSPS) is 13.1. The highest BCUT2D eigenvalue weighted by Crippen LogP contribution is 2.41. The van der Waals surface area contributed by atoms with Crippen molar-refractivity contribution in [2.45, 2.75) is 48.6 Å². The van der Waals surface area contributed by atoms with E-state index in [1.807, 2.05) is 18.2 Å². The molecule has 0 aliphatic rings. The number of aromatic amines is 1. The van der Waals surface area contributed by atoms with Gasteiger partial charge < -0.3 is 0 Å². The van der Waals surface area contributed by atoms with Gasteiger partial charge in [0.15, 0.2) is 14.9 Å². The lowest BCUT2D eigenvalue weighted by atomic mass is 9.87. The molecule has 7 heteroatoms. The summed E-state index contributed by atoms with van der Waals surface area (Å²) in [5.74, 6) is -0.0373. The second kappa shape index (κ2) is 8.09. The van der Waals surface area contributed by atoms with Gasteiger partial charge in [-0.15, -0.1) is 0 Å². The van der Waals surface area contributed by atoms with Gasteiger partial charge in [-0.3, -0.25) is 10.1 Å². The zero-order chi connectivity index (χ0) is 20.5. The minimum Gasteiger partial charge on any atom is -0.270 e. The van der Waals surface area contributed by atoms with E-state index in [-0.39, 0.29) is 16.9 Å². The molecule has 2 heterocycles. The maximum atomic E-state index is 12.5. The Morgan fingerprint density at radius 1 is 1.07 bits per heavy atom. The van der Waals surface area contributed by atoms with Crippen molar-refractivity contribution >= 4 is 21.6 Å². The summed E-state index contributed by atoms with van der Waals surface area (Å²) >= 11 is 1.51. The number of aryl methyl sites for hydroxylation is 2. The van der Waals surface area contributed by atoms with Crippen molar-refractivity contribution in [1.29, 1.82) is 0 Å². The quantitative estimate of drug-likeness (QED) is 0.628. The van der Waals surface area contributed by atoms with Gasteiger partial charge in [-0.25, -0.2) is 8.42 Å². The van der Waals surface area contributed by atoms with E-state index in [2.05, 4.69) is 61.1 Å². The van der Waals surface area contributed by atoms with Gasteiger partial charge in [0.25, 0.3) is 0 Å². The van der Waals surface area contributed by atoms with E-state index in [0.717, 1.165) is 26.7 Å². The fourth-order valence-electron chi connectivity index (χ4n) is 3.45. The Kier molecular flexibility index (Phi) is 5.95. The smallest absolute Gasteiger partial charge is 0.194 e. The van der Waals surface area contributed by atoms with Crippen LogP contribution in [0.5, 0.6) is 0 Å². The van der Waals surface area contributed by atoms with Crippen LogP contribution in [0.2, 0.25) is 0 Å². The molecule has 1 N–H and O–H groups in total. The van der Waals surface area contributed by atoms with Crippen LogP contribution in [0.3, 0.4) is 0 Å². The first-order valence-corrected chi connectivity index (χ1v) is 11.8. The van der Waals surface area contributed by atoms with Crippen molar-refractivity contribution in [2.75, 3.05) is 6.26 Å². The monoisotopic (exact) mass is 415 g/mol. The molecule has 3 rings (SSSR count). The lowest BCUT2D eigenvalue weighted by Crippen LogP contribution is -2.14. The summed E-state index contributed by atoms with van der Waals surface area (Å²) in [6, 6.07) is 12.0. The Balaban J connectivity index is 2.18. The van der Waals surface area contributed by atoms with Crippen LogP contribution in [0.15, 0.2) is 57.5 Å². The van der Waals surface area contributed by atoms with Crippen LogP contribution in [-0.2, 0) is 9.84 Å². The fraction of sp³-hybridized carbons (Fsp3) is 0.333. The molecule has 1 unspecified atom stereocenters. The van der Waals surface area contributed by atoms with Crippen LogP contribution in [0.4, 0.5) is 0 Å². The number of nitrogens with zero attached hydrogens (tertiary/aromatic N) is 2. The van der Waals surface area contributed by atoms with E-state index in [1.54, 1.807) is 6.20 Å². The van der Waals surface area contributed by atoms with Gasteiger partial charge in [-0.05, 0) is 55.2 Å². The number of rotatable bonds is 6. The summed E-state index contributed by atoms with van der Waals surface area (Å²) < 4.78 is 24.9. The predicted octanol–water partition coefficient (Wildman–Crippen LogP) is 4.76. The maximum absolute atomic E-state index is 12.5. The average Bonchev–Trinajstić information content (AvgIpc) is 2.98. The number of H-pyrrole nitrogens is 1. The van der Waals surface area contributed by atoms with E-state index >= 15 is 0 Å². The number of sulfone groups is 1. The summed E-state index contributed by atoms with van der Waals surface area (Å²) in [5.41, 5.74) is 3.86. The van der Waals surface area contributed by atoms with Crippen LogP contribution in [0.1, 0.15) is 42.1 Å². The van der Waals surface area contributed by atoms with E-state index in [4.69, 9.17) is 0 Å². The van der Waals surface area contributed by atoms with Crippen molar-refractivity contribution < 1.29 is 8.42 Å². The summed E-state index contributed by atoms with van der Waals surface area (Å²) in [5, 5.41) is 8.02. The predicted molar refractivity (Wildman–Crippen MR) is 113 cm³/mol. The molecule has 0 amide bonds. The third kappa shape index (κ3) is 4.47. The van der Waals surface area contributed by atoms with E-state index in [9.17, 15) is 8.42 Å². The first kappa shape index (κ1) is 20.6. The van der Waals surface area contributed by atoms with Gasteiger partial charge >= 0.3 is 0 Å². The molecule has 3 aromatic rings. The molecule has 0 fully saturated rings. The topological polar surface area (TPSA) is 75.7 Å². The first-order valence-electron chi connectivity index (χ1n) is 9.12. The molecule has 28 heavy (non-hydrogen) atoms.